The van der Waals surface area contributed by atoms with Crippen LogP contribution >= 0.6 is 0 Å². The van der Waals surface area contributed by atoms with E-state index in [4.69, 9.17) is 5.73 Å². The Labute approximate surface area is 113 Å². The Morgan fingerprint density at radius 3 is 2.68 bits per heavy atom. The first-order valence-electron chi connectivity index (χ1n) is 6.08. The maximum absolute atomic E-state index is 9.17. The van der Waals surface area contributed by atoms with Gasteiger partial charge in [-0.05, 0) is 25.1 Å². The van der Waals surface area contributed by atoms with Crippen molar-refractivity contribution in [3.63, 3.8) is 0 Å². The van der Waals surface area contributed by atoms with Crippen LogP contribution in [-0.4, -0.2) is 12.0 Å². The molecule has 0 aliphatic heterocycles. The minimum Gasteiger partial charge on any atom is -0.328 e. The fourth-order valence-corrected chi connectivity index (χ4v) is 2.02. The van der Waals surface area contributed by atoms with Gasteiger partial charge < -0.3 is 10.6 Å². The van der Waals surface area contributed by atoms with E-state index in [1.165, 1.54) is 0 Å². The van der Waals surface area contributed by atoms with Crippen LogP contribution in [0.5, 0.6) is 0 Å². The standard InChI is InChI=1S/C15H16N4/c1-11(17)13-7-5-9-18-15(13)19(2)14-8-4-3-6-12(14)10-16/h3-9,11H,17H2,1-2H3/t11-/m1/s1. The average Bonchev–Trinajstić information content (AvgIpc) is 2.46. The lowest BCUT2D eigenvalue weighted by atomic mass is 10.1. The van der Waals surface area contributed by atoms with Crippen LogP contribution in [0.15, 0.2) is 42.6 Å². The van der Waals surface area contributed by atoms with E-state index in [9.17, 15) is 5.26 Å². The molecule has 0 saturated carbocycles. The third-order valence-electron chi connectivity index (χ3n) is 3.01. The van der Waals surface area contributed by atoms with Gasteiger partial charge in [0.1, 0.15) is 11.9 Å². The molecule has 4 nitrogen and oxygen atoms in total. The van der Waals surface area contributed by atoms with Crippen LogP contribution in [0.25, 0.3) is 0 Å². The number of nitriles is 1. The molecule has 2 N–H and O–H groups in total. The second kappa shape index (κ2) is 5.51. The first kappa shape index (κ1) is 13.1. The SMILES string of the molecule is C[C@@H](N)c1cccnc1N(C)c1ccccc1C#N. The summed E-state index contributed by atoms with van der Waals surface area (Å²) in [7, 11) is 1.89. The van der Waals surface area contributed by atoms with Gasteiger partial charge in [-0.25, -0.2) is 4.98 Å². The lowest BCUT2D eigenvalue weighted by Crippen LogP contribution is -2.17. The van der Waals surface area contributed by atoms with Crippen molar-refractivity contribution in [1.82, 2.24) is 4.98 Å². The summed E-state index contributed by atoms with van der Waals surface area (Å²) in [5.74, 6) is 0.778. The number of aromatic nitrogens is 1. The molecule has 0 bridgehead atoms. The van der Waals surface area contributed by atoms with Crippen LogP contribution < -0.4 is 10.6 Å². The van der Waals surface area contributed by atoms with Gasteiger partial charge in [0.25, 0.3) is 0 Å². The van der Waals surface area contributed by atoms with E-state index in [0.717, 1.165) is 17.1 Å². The van der Waals surface area contributed by atoms with Crippen LogP contribution in [0.1, 0.15) is 24.1 Å². The Morgan fingerprint density at radius 1 is 1.26 bits per heavy atom. The van der Waals surface area contributed by atoms with E-state index in [2.05, 4.69) is 11.1 Å². The van der Waals surface area contributed by atoms with E-state index in [1.54, 1.807) is 12.3 Å². The van der Waals surface area contributed by atoms with Crippen LogP contribution in [0, 0.1) is 11.3 Å². The summed E-state index contributed by atoms with van der Waals surface area (Å²) in [5, 5.41) is 9.17. The molecule has 1 heterocycles. The van der Waals surface area contributed by atoms with E-state index in [1.807, 2.05) is 49.2 Å². The minimum absolute atomic E-state index is 0.111. The average molecular weight is 252 g/mol. The number of pyridine rings is 1. The third-order valence-corrected chi connectivity index (χ3v) is 3.01. The summed E-state index contributed by atoms with van der Waals surface area (Å²) in [4.78, 5) is 6.29. The number of nitrogens with two attached hydrogens (primary N) is 1. The van der Waals surface area contributed by atoms with E-state index in [0.29, 0.717) is 5.56 Å². The number of hydrogen-bond donors (Lipinski definition) is 1. The van der Waals surface area contributed by atoms with Gasteiger partial charge in [0, 0.05) is 24.8 Å². The largest absolute Gasteiger partial charge is 0.328 e. The van der Waals surface area contributed by atoms with Gasteiger partial charge in [-0.1, -0.05) is 18.2 Å². The number of rotatable bonds is 3. The summed E-state index contributed by atoms with van der Waals surface area (Å²) < 4.78 is 0. The summed E-state index contributed by atoms with van der Waals surface area (Å²) in [6.07, 6.45) is 1.73. The Hall–Kier alpha value is -2.38. The highest BCUT2D eigenvalue weighted by molar-refractivity contribution is 5.68. The maximum Gasteiger partial charge on any atom is 0.137 e. The summed E-state index contributed by atoms with van der Waals surface area (Å²) >= 11 is 0. The Bertz CT molecular complexity index is 614. The zero-order valence-corrected chi connectivity index (χ0v) is 11.0. The van der Waals surface area contributed by atoms with Crippen LogP contribution in [0.4, 0.5) is 11.5 Å². The van der Waals surface area contributed by atoms with E-state index < -0.39 is 0 Å². The van der Waals surface area contributed by atoms with Gasteiger partial charge in [-0.2, -0.15) is 5.26 Å². The highest BCUT2D eigenvalue weighted by Gasteiger charge is 2.15. The molecule has 1 atom stereocenters. The predicted molar refractivity (Wildman–Crippen MR) is 76.1 cm³/mol. The molecule has 0 fully saturated rings. The number of benzene rings is 1. The number of para-hydroxylation sites is 1. The first-order chi connectivity index (χ1) is 9.15. The fraction of sp³-hybridized carbons (Fsp3) is 0.200. The van der Waals surface area contributed by atoms with E-state index in [-0.39, 0.29) is 6.04 Å². The molecule has 2 aromatic rings. The minimum atomic E-state index is -0.111. The Kier molecular flexibility index (Phi) is 3.79. The molecule has 0 aliphatic rings. The van der Waals surface area contributed by atoms with Crippen molar-refractivity contribution < 1.29 is 0 Å². The van der Waals surface area contributed by atoms with Crippen molar-refractivity contribution in [2.75, 3.05) is 11.9 Å². The molecule has 0 spiro atoms. The number of hydrogen-bond acceptors (Lipinski definition) is 4. The van der Waals surface area contributed by atoms with Gasteiger partial charge in [0.2, 0.25) is 0 Å². The normalized spacial score (nSPS) is 11.7. The number of anilines is 2. The smallest absolute Gasteiger partial charge is 0.137 e. The van der Waals surface area contributed by atoms with Crippen molar-refractivity contribution >= 4 is 11.5 Å². The van der Waals surface area contributed by atoms with Gasteiger partial charge in [0.05, 0.1) is 11.3 Å². The van der Waals surface area contributed by atoms with Gasteiger partial charge in [0.15, 0.2) is 0 Å². The lowest BCUT2D eigenvalue weighted by molar-refractivity contribution is 0.807. The molecule has 1 aromatic carbocycles. The molecule has 0 aliphatic carbocycles. The van der Waals surface area contributed by atoms with Crippen LogP contribution in [-0.2, 0) is 0 Å². The van der Waals surface area contributed by atoms with Gasteiger partial charge >= 0.3 is 0 Å². The molecule has 96 valence electrons. The first-order valence-corrected chi connectivity index (χ1v) is 6.08. The molecule has 19 heavy (non-hydrogen) atoms. The topological polar surface area (TPSA) is 65.9 Å². The molecule has 0 unspecified atom stereocenters. The van der Waals surface area contributed by atoms with Gasteiger partial charge in [-0.3, -0.25) is 0 Å². The zero-order valence-electron chi connectivity index (χ0n) is 11.0. The third kappa shape index (κ3) is 2.56. The Morgan fingerprint density at radius 2 is 2.00 bits per heavy atom. The molecule has 0 radical (unpaired) electrons. The van der Waals surface area contributed by atoms with Crippen LogP contribution in [0.3, 0.4) is 0 Å². The van der Waals surface area contributed by atoms with Crippen LogP contribution in [0.2, 0.25) is 0 Å². The number of nitrogens with zero attached hydrogens (tertiary/aromatic N) is 3. The molecule has 0 amide bonds. The Balaban J connectivity index is 2.51. The van der Waals surface area contributed by atoms with Crippen molar-refractivity contribution in [1.29, 1.82) is 5.26 Å². The monoisotopic (exact) mass is 252 g/mol. The molecule has 1 aromatic heterocycles. The fourth-order valence-electron chi connectivity index (χ4n) is 2.02. The second-order valence-electron chi connectivity index (χ2n) is 4.39. The van der Waals surface area contributed by atoms with Crippen molar-refractivity contribution in [3.05, 3.63) is 53.7 Å². The quantitative estimate of drug-likeness (QED) is 0.912. The maximum atomic E-state index is 9.17. The highest BCUT2D eigenvalue weighted by Crippen LogP contribution is 2.29. The lowest BCUT2D eigenvalue weighted by Gasteiger charge is -2.23. The van der Waals surface area contributed by atoms with Crippen molar-refractivity contribution in [2.45, 2.75) is 13.0 Å². The van der Waals surface area contributed by atoms with Gasteiger partial charge in [-0.15, -0.1) is 0 Å². The molecule has 4 heteroatoms. The zero-order chi connectivity index (χ0) is 13.8. The summed E-state index contributed by atoms with van der Waals surface area (Å²) in [6, 6.07) is 13.4. The van der Waals surface area contributed by atoms with Crippen molar-refractivity contribution in [3.8, 4) is 6.07 Å². The summed E-state index contributed by atoms with van der Waals surface area (Å²) in [5.41, 5.74) is 8.37. The molecule has 0 saturated heterocycles. The molecule has 2 rings (SSSR count). The van der Waals surface area contributed by atoms with Crippen molar-refractivity contribution in [2.24, 2.45) is 5.73 Å². The van der Waals surface area contributed by atoms with E-state index >= 15 is 0 Å². The molecular weight excluding hydrogens is 236 g/mol. The highest BCUT2D eigenvalue weighted by atomic mass is 15.2. The predicted octanol–water partition coefficient (Wildman–Crippen LogP) is 2.74. The summed E-state index contributed by atoms with van der Waals surface area (Å²) in [6.45, 7) is 1.92. The second-order valence-corrected chi connectivity index (χ2v) is 4.39. The molecular formula is C15H16N4.